The molecule has 6 nitrogen and oxygen atoms in total. The number of nitrogens with zero attached hydrogens (tertiary/aromatic N) is 1. The number of nitrogens with one attached hydrogen (secondary N) is 2. The molecule has 0 spiro atoms. The Balaban J connectivity index is 1.85. The van der Waals surface area contributed by atoms with Crippen LogP contribution in [0.15, 0.2) is 29.6 Å². The lowest BCUT2D eigenvalue weighted by Gasteiger charge is -2.04. The van der Waals surface area contributed by atoms with Gasteiger partial charge in [-0.15, -0.1) is 11.3 Å². The van der Waals surface area contributed by atoms with E-state index in [1.807, 2.05) is 31.2 Å². The highest BCUT2D eigenvalue weighted by Gasteiger charge is 2.10. The van der Waals surface area contributed by atoms with Gasteiger partial charge in [-0.05, 0) is 12.5 Å². The molecule has 118 valence electrons. The van der Waals surface area contributed by atoms with Crippen molar-refractivity contribution >= 4 is 32.4 Å². The Labute approximate surface area is 133 Å². The number of amides is 1. The quantitative estimate of drug-likeness (QED) is 0.838. The van der Waals surface area contributed by atoms with E-state index in [0.717, 1.165) is 23.2 Å². The summed E-state index contributed by atoms with van der Waals surface area (Å²) in [7, 11) is -3.34. The third kappa shape index (κ3) is 5.45. The Kier molecular flexibility index (Phi) is 5.15. The molecule has 0 aliphatic rings. The van der Waals surface area contributed by atoms with E-state index in [1.165, 1.54) is 5.56 Å². The predicted molar refractivity (Wildman–Crippen MR) is 87.3 cm³/mol. The second kappa shape index (κ2) is 6.89. The summed E-state index contributed by atoms with van der Waals surface area (Å²) in [6.07, 6.45) is 1.18. The van der Waals surface area contributed by atoms with Crippen LogP contribution >= 0.6 is 11.3 Å². The van der Waals surface area contributed by atoms with Crippen LogP contribution in [0.3, 0.4) is 0 Å². The molecule has 0 saturated carbocycles. The second-order valence-corrected chi connectivity index (χ2v) is 7.56. The summed E-state index contributed by atoms with van der Waals surface area (Å²) in [6, 6.07) is 7.91. The van der Waals surface area contributed by atoms with Gasteiger partial charge in [0, 0.05) is 11.9 Å². The normalized spacial score (nSPS) is 11.2. The fraction of sp³-hybridized carbons (Fsp3) is 0.286. The molecule has 1 heterocycles. The highest BCUT2D eigenvalue weighted by Crippen LogP contribution is 2.16. The Bertz CT molecular complexity index is 752. The van der Waals surface area contributed by atoms with E-state index in [1.54, 1.807) is 5.38 Å². The van der Waals surface area contributed by atoms with Gasteiger partial charge in [0.25, 0.3) is 0 Å². The van der Waals surface area contributed by atoms with Crippen LogP contribution in [0.1, 0.15) is 16.8 Å². The standard InChI is InChI=1S/C14H17N3O3S2/c1-10-3-5-11(6-4-10)8-15-13(18)7-12-9-21-14(16-12)17-22(2,19)20/h3-6,9H,7-8H2,1-2H3,(H,15,18)(H,16,17). The summed E-state index contributed by atoms with van der Waals surface area (Å²) in [5.74, 6) is -0.156. The molecule has 1 aromatic carbocycles. The smallest absolute Gasteiger partial charge is 0.231 e. The van der Waals surface area contributed by atoms with Crippen LogP contribution in [0.4, 0.5) is 5.13 Å². The number of carbonyl (C=O) groups excluding carboxylic acids is 1. The summed E-state index contributed by atoms with van der Waals surface area (Å²) < 4.78 is 24.5. The number of anilines is 1. The van der Waals surface area contributed by atoms with E-state index in [0.29, 0.717) is 12.2 Å². The third-order valence-corrected chi connectivity index (χ3v) is 4.28. The lowest BCUT2D eigenvalue weighted by molar-refractivity contribution is -0.120. The molecule has 8 heteroatoms. The van der Waals surface area contributed by atoms with Gasteiger partial charge in [0.2, 0.25) is 15.9 Å². The first kappa shape index (κ1) is 16.4. The minimum absolute atomic E-state index is 0.119. The zero-order valence-corrected chi connectivity index (χ0v) is 13.9. The van der Waals surface area contributed by atoms with Gasteiger partial charge in [-0.2, -0.15) is 0 Å². The van der Waals surface area contributed by atoms with Crippen molar-refractivity contribution in [1.82, 2.24) is 10.3 Å². The molecule has 1 amide bonds. The lowest BCUT2D eigenvalue weighted by atomic mass is 10.1. The van der Waals surface area contributed by atoms with Gasteiger partial charge in [-0.25, -0.2) is 13.4 Å². The second-order valence-electron chi connectivity index (χ2n) is 4.96. The summed E-state index contributed by atoms with van der Waals surface area (Å²) >= 11 is 1.15. The minimum atomic E-state index is -3.34. The Morgan fingerprint density at radius 2 is 1.95 bits per heavy atom. The van der Waals surface area contributed by atoms with Gasteiger partial charge in [-0.3, -0.25) is 9.52 Å². The number of benzene rings is 1. The van der Waals surface area contributed by atoms with Gasteiger partial charge < -0.3 is 5.32 Å². The van der Waals surface area contributed by atoms with Crippen molar-refractivity contribution in [2.24, 2.45) is 0 Å². The van der Waals surface area contributed by atoms with Crippen molar-refractivity contribution in [3.63, 3.8) is 0 Å². The van der Waals surface area contributed by atoms with Gasteiger partial charge >= 0.3 is 0 Å². The molecular weight excluding hydrogens is 322 g/mol. The first-order chi connectivity index (χ1) is 10.3. The molecule has 0 atom stereocenters. The van der Waals surface area contributed by atoms with Crippen molar-refractivity contribution < 1.29 is 13.2 Å². The number of thiazole rings is 1. The highest BCUT2D eigenvalue weighted by molar-refractivity contribution is 7.92. The van der Waals surface area contributed by atoms with Gasteiger partial charge in [-0.1, -0.05) is 29.8 Å². The minimum Gasteiger partial charge on any atom is -0.352 e. The molecular formula is C14H17N3O3S2. The van der Waals surface area contributed by atoms with Crippen molar-refractivity contribution in [1.29, 1.82) is 0 Å². The van der Waals surface area contributed by atoms with E-state index in [4.69, 9.17) is 0 Å². The van der Waals surface area contributed by atoms with Crippen molar-refractivity contribution in [2.75, 3.05) is 11.0 Å². The Hall–Kier alpha value is -1.93. The van der Waals surface area contributed by atoms with Crippen LogP contribution in [0.2, 0.25) is 0 Å². The lowest BCUT2D eigenvalue weighted by Crippen LogP contribution is -2.24. The maximum atomic E-state index is 11.9. The first-order valence-electron chi connectivity index (χ1n) is 6.56. The van der Waals surface area contributed by atoms with E-state index in [9.17, 15) is 13.2 Å². The summed E-state index contributed by atoms with van der Waals surface area (Å²) in [5, 5.41) is 4.74. The van der Waals surface area contributed by atoms with E-state index < -0.39 is 10.0 Å². The van der Waals surface area contributed by atoms with Crippen molar-refractivity contribution in [3.05, 3.63) is 46.5 Å². The van der Waals surface area contributed by atoms with E-state index >= 15 is 0 Å². The third-order valence-electron chi connectivity index (χ3n) is 2.78. The maximum Gasteiger partial charge on any atom is 0.231 e. The molecule has 2 rings (SSSR count). The molecule has 0 unspecified atom stereocenters. The number of aryl methyl sites for hydroxylation is 1. The maximum absolute atomic E-state index is 11.9. The van der Waals surface area contributed by atoms with Crippen molar-refractivity contribution in [3.8, 4) is 0 Å². The zero-order chi connectivity index (χ0) is 16.2. The monoisotopic (exact) mass is 339 g/mol. The molecule has 22 heavy (non-hydrogen) atoms. The zero-order valence-electron chi connectivity index (χ0n) is 12.3. The highest BCUT2D eigenvalue weighted by atomic mass is 32.2. The first-order valence-corrected chi connectivity index (χ1v) is 9.33. The number of hydrogen-bond donors (Lipinski definition) is 2. The fourth-order valence-electron chi connectivity index (χ4n) is 1.73. The van der Waals surface area contributed by atoms with Crippen LogP contribution < -0.4 is 10.0 Å². The Morgan fingerprint density at radius 3 is 2.59 bits per heavy atom. The topological polar surface area (TPSA) is 88.2 Å². The van der Waals surface area contributed by atoms with Crippen LogP contribution in [0.25, 0.3) is 0 Å². The summed E-state index contributed by atoms with van der Waals surface area (Å²) in [5.41, 5.74) is 2.73. The molecule has 0 radical (unpaired) electrons. The Morgan fingerprint density at radius 1 is 1.27 bits per heavy atom. The molecule has 0 fully saturated rings. The summed E-state index contributed by atoms with van der Waals surface area (Å²) in [4.78, 5) is 15.9. The molecule has 2 aromatic rings. The van der Waals surface area contributed by atoms with Crippen LogP contribution in [0, 0.1) is 6.92 Å². The SMILES string of the molecule is Cc1ccc(CNC(=O)Cc2csc(NS(C)(=O)=O)n2)cc1. The molecule has 2 N–H and O–H groups in total. The number of carbonyl (C=O) groups is 1. The molecule has 0 bridgehead atoms. The van der Waals surface area contributed by atoms with Gasteiger partial charge in [0.1, 0.15) is 0 Å². The fourth-order valence-corrected chi connectivity index (χ4v) is 3.29. The average Bonchev–Trinajstić information content (AvgIpc) is 2.83. The molecule has 0 saturated heterocycles. The van der Waals surface area contributed by atoms with Gasteiger partial charge in [0.05, 0.1) is 18.4 Å². The largest absolute Gasteiger partial charge is 0.352 e. The number of aromatic nitrogens is 1. The van der Waals surface area contributed by atoms with Crippen LogP contribution in [-0.2, 0) is 27.8 Å². The van der Waals surface area contributed by atoms with E-state index in [-0.39, 0.29) is 17.5 Å². The van der Waals surface area contributed by atoms with Crippen molar-refractivity contribution in [2.45, 2.75) is 19.9 Å². The molecule has 0 aliphatic heterocycles. The molecule has 0 aliphatic carbocycles. The number of rotatable bonds is 6. The number of sulfonamides is 1. The van der Waals surface area contributed by atoms with Crippen LogP contribution in [0.5, 0.6) is 0 Å². The average molecular weight is 339 g/mol. The van der Waals surface area contributed by atoms with Crippen LogP contribution in [-0.4, -0.2) is 25.6 Å². The van der Waals surface area contributed by atoms with Gasteiger partial charge in [0.15, 0.2) is 5.13 Å². The molecule has 1 aromatic heterocycles. The number of hydrogen-bond acceptors (Lipinski definition) is 5. The summed E-state index contributed by atoms with van der Waals surface area (Å²) in [6.45, 7) is 2.46. The van der Waals surface area contributed by atoms with E-state index in [2.05, 4.69) is 15.0 Å². The predicted octanol–water partition coefficient (Wildman–Crippen LogP) is 1.68.